The first kappa shape index (κ1) is 8.93. The van der Waals surface area contributed by atoms with Crippen LogP contribution in [0.1, 0.15) is 0 Å². The van der Waals surface area contributed by atoms with Gasteiger partial charge in [0.1, 0.15) is 19.0 Å². The molecule has 5 nitrogen and oxygen atoms in total. The van der Waals surface area contributed by atoms with Crippen molar-refractivity contribution in [3.8, 4) is 0 Å². The van der Waals surface area contributed by atoms with Crippen LogP contribution in [0.2, 0.25) is 0 Å². The molecule has 56 valence electrons. The van der Waals surface area contributed by atoms with Gasteiger partial charge in [-0.3, -0.25) is 0 Å². The Bertz CT molecular complexity index is 102. The van der Waals surface area contributed by atoms with Crippen LogP contribution in [0.5, 0.6) is 0 Å². The summed E-state index contributed by atoms with van der Waals surface area (Å²) in [6.45, 7) is 1.19. The van der Waals surface area contributed by atoms with Crippen molar-refractivity contribution < 1.29 is 0 Å². The van der Waals surface area contributed by atoms with Crippen molar-refractivity contribution in [2.45, 2.75) is 0 Å². The first-order chi connectivity index (χ1) is 4.91. The molecular weight excluding hydrogens is 130 g/mol. The molecule has 0 saturated carbocycles. The molecule has 0 fully saturated rings. The van der Waals surface area contributed by atoms with E-state index in [1.54, 1.807) is 0 Å². The fraction of sp³-hybridized carbons (Fsp3) is 0.400. The summed E-state index contributed by atoms with van der Waals surface area (Å²) < 4.78 is 0. The Morgan fingerprint density at radius 2 is 1.10 bits per heavy atom. The smallest absolute Gasteiger partial charge is 0.119 e. The second-order valence-corrected chi connectivity index (χ2v) is 1.37. The van der Waals surface area contributed by atoms with E-state index in [2.05, 4.69) is 15.0 Å². The van der Waals surface area contributed by atoms with E-state index in [0.717, 1.165) is 0 Å². The zero-order valence-corrected chi connectivity index (χ0v) is 5.64. The third kappa shape index (κ3) is 6.93. The minimum absolute atomic E-state index is 0.597. The standard InChI is InChI=1S/C3H3N3.C2H8N2/c1-4-2-6-3-5-1;3-1-2-4/h1-3H;1-4H2. The fourth-order valence-corrected chi connectivity index (χ4v) is 0.205. The number of hydrogen-bond donors (Lipinski definition) is 2. The topological polar surface area (TPSA) is 90.7 Å². The van der Waals surface area contributed by atoms with Gasteiger partial charge in [-0.15, -0.1) is 0 Å². The van der Waals surface area contributed by atoms with E-state index in [1.807, 2.05) is 0 Å². The Balaban J connectivity index is 0.000000180. The summed E-state index contributed by atoms with van der Waals surface area (Å²) in [5.41, 5.74) is 9.81. The average molecular weight is 141 g/mol. The van der Waals surface area contributed by atoms with Gasteiger partial charge in [-0.2, -0.15) is 0 Å². The SMILES string of the molecule is NCCN.c1ncncn1. The molecule has 0 amide bonds. The van der Waals surface area contributed by atoms with Gasteiger partial charge in [0, 0.05) is 13.1 Å². The van der Waals surface area contributed by atoms with E-state index in [9.17, 15) is 0 Å². The molecule has 0 spiro atoms. The summed E-state index contributed by atoms with van der Waals surface area (Å²) in [6, 6.07) is 0. The van der Waals surface area contributed by atoms with E-state index in [1.165, 1.54) is 19.0 Å². The van der Waals surface area contributed by atoms with Gasteiger partial charge in [0.25, 0.3) is 0 Å². The molecule has 4 N–H and O–H groups in total. The highest BCUT2D eigenvalue weighted by atomic mass is 14.9. The van der Waals surface area contributed by atoms with Crippen molar-refractivity contribution >= 4 is 0 Å². The van der Waals surface area contributed by atoms with E-state index in [-0.39, 0.29) is 0 Å². The van der Waals surface area contributed by atoms with Gasteiger partial charge in [0.15, 0.2) is 0 Å². The van der Waals surface area contributed by atoms with E-state index in [0.29, 0.717) is 13.1 Å². The molecule has 1 heterocycles. The lowest BCUT2D eigenvalue weighted by Crippen LogP contribution is -2.11. The zero-order chi connectivity index (χ0) is 7.66. The molecule has 1 aromatic rings. The quantitative estimate of drug-likeness (QED) is 0.511. The predicted molar refractivity (Wildman–Crippen MR) is 37.9 cm³/mol. The van der Waals surface area contributed by atoms with Crippen LogP contribution in [0.3, 0.4) is 0 Å². The number of aromatic nitrogens is 3. The molecular formula is C5H11N5. The van der Waals surface area contributed by atoms with E-state index >= 15 is 0 Å². The molecule has 10 heavy (non-hydrogen) atoms. The van der Waals surface area contributed by atoms with Gasteiger partial charge in [0.2, 0.25) is 0 Å². The Hall–Kier alpha value is -1.07. The van der Waals surface area contributed by atoms with Gasteiger partial charge < -0.3 is 11.5 Å². The Kier molecular flexibility index (Phi) is 7.08. The monoisotopic (exact) mass is 141 g/mol. The van der Waals surface area contributed by atoms with E-state index in [4.69, 9.17) is 11.5 Å². The molecule has 1 aromatic heterocycles. The molecule has 1 rings (SSSR count). The summed E-state index contributed by atoms with van der Waals surface area (Å²) in [5, 5.41) is 0. The molecule has 5 heteroatoms. The minimum atomic E-state index is 0.597. The molecule has 0 aliphatic carbocycles. The van der Waals surface area contributed by atoms with Crippen LogP contribution in [0.15, 0.2) is 19.0 Å². The molecule has 0 aliphatic heterocycles. The van der Waals surface area contributed by atoms with Crippen molar-refractivity contribution in [3.05, 3.63) is 19.0 Å². The number of rotatable bonds is 1. The van der Waals surface area contributed by atoms with Crippen molar-refractivity contribution in [1.29, 1.82) is 0 Å². The first-order valence-electron chi connectivity index (χ1n) is 2.87. The average Bonchev–Trinajstić information content (AvgIpc) is 2.08. The van der Waals surface area contributed by atoms with Gasteiger partial charge in [0.05, 0.1) is 0 Å². The van der Waals surface area contributed by atoms with Crippen LogP contribution in [0.25, 0.3) is 0 Å². The third-order valence-corrected chi connectivity index (χ3v) is 0.567. The first-order valence-corrected chi connectivity index (χ1v) is 2.87. The maximum atomic E-state index is 4.90. The van der Waals surface area contributed by atoms with Gasteiger partial charge in [-0.25, -0.2) is 15.0 Å². The molecule has 0 aliphatic rings. The van der Waals surface area contributed by atoms with Crippen molar-refractivity contribution in [1.82, 2.24) is 15.0 Å². The van der Waals surface area contributed by atoms with Crippen LogP contribution in [0.4, 0.5) is 0 Å². The lowest BCUT2D eigenvalue weighted by atomic mass is 10.7. The summed E-state index contributed by atoms with van der Waals surface area (Å²) in [6.07, 6.45) is 4.31. The second-order valence-electron chi connectivity index (χ2n) is 1.37. The van der Waals surface area contributed by atoms with Crippen LogP contribution in [-0.2, 0) is 0 Å². The van der Waals surface area contributed by atoms with Crippen molar-refractivity contribution in [2.75, 3.05) is 13.1 Å². The van der Waals surface area contributed by atoms with Crippen LogP contribution in [-0.4, -0.2) is 28.0 Å². The van der Waals surface area contributed by atoms with Gasteiger partial charge in [-0.05, 0) is 0 Å². The highest BCUT2D eigenvalue weighted by Gasteiger charge is 1.59. The lowest BCUT2D eigenvalue weighted by molar-refractivity contribution is 0.976. The van der Waals surface area contributed by atoms with E-state index < -0.39 is 0 Å². The third-order valence-electron chi connectivity index (χ3n) is 0.567. The summed E-state index contributed by atoms with van der Waals surface area (Å²) in [4.78, 5) is 10.7. The normalized spacial score (nSPS) is 7.80. The summed E-state index contributed by atoms with van der Waals surface area (Å²) in [5.74, 6) is 0. The largest absolute Gasteiger partial charge is 0.329 e. The van der Waals surface area contributed by atoms with Crippen LogP contribution in [0, 0.1) is 0 Å². The Labute approximate surface area is 59.5 Å². The molecule has 0 aromatic carbocycles. The number of nitrogens with zero attached hydrogens (tertiary/aromatic N) is 3. The van der Waals surface area contributed by atoms with Gasteiger partial charge >= 0.3 is 0 Å². The minimum Gasteiger partial charge on any atom is -0.329 e. The van der Waals surface area contributed by atoms with Crippen molar-refractivity contribution in [2.24, 2.45) is 11.5 Å². The second kappa shape index (κ2) is 7.93. The lowest BCUT2D eigenvalue weighted by Gasteiger charge is -1.72. The van der Waals surface area contributed by atoms with Crippen molar-refractivity contribution in [3.63, 3.8) is 0 Å². The maximum absolute atomic E-state index is 4.90. The fourth-order valence-electron chi connectivity index (χ4n) is 0.205. The molecule has 0 saturated heterocycles. The zero-order valence-electron chi connectivity index (χ0n) is 5.64. The number of nitrogens with two attached hydrogens (primary N) is 2. The molecule has 0 atom stereocenters. The highest BCUT2D eigenvalue weighted by Crippen LogP contribution is 1.57. The van der Waals surface area contributed by atoms with Gasteiger partial charge in [-0.1, -0.05) is 0 Å². The summed E-state index contributed by atoms with van der Waals surface area (Å²) >= 11 is 0. The number of hydrogen-bond acceptors (Lipinski definition) is 5. The Morgan fingerprint density at radius 1 is 0.800 bits per heavy atom. The molecule has 0 bridgehead atoms. The molecule has 0 unspecified atom stereocenters. The predicted octanol–water partition coefficient (Wildman–Crippen LogP) is -1.22. The Morgan fingerprint density at radius 3 is 1.20 bits per heavy atom. The molecule has 0 radical (unpaired) electrons. The highest BCUT2D eigenvalue weighted by molar-refractivity contribution is 4.51. The van der Waals surface area contributed by atoms with Crippen LogP contribution >= 0.6 is 0 Å². The maximum Gasteiger partial charge on any atom is 0.119 e. The summed E-state index contributed by atoms with van der Waals surface area (Å²) in [7, 11) is 0. The van der Waals surface area contributed by atoms with Crippen LogP contribution < -0.4 is 11.5 Å².